The zero-order valence-electron chi connectivity index (χ0n) is 37.5. The van der Waals surface area contributed by atoms with E-state index in [0.717, 1.165) is 45.6 Å². The zero-order valence-corrected chi connectivity index (χ0v) is 40.6. The number of fused-ring (bicyclic) bond motifs is 2. The Morgan fingerprint density at radius 1 is 0.941 bits per heavy atom. The van der Waals surface area contributed by atoms with Gasteiger partial charge in [0.15, 0.2) is 26.9 Å². The third-order valence-electron chi connectivity index (χ3n) is 11.8. The van der Waals surface area contributed by atoms with Gasteiger partial charge in [-0.2, -0.15) is 9.57 Å². The number of nitrogens with zero attached hydrogens (tertiary/aromatic N) is 3. The van der Waals surface area contributed by atoms with E-state index < -0.39 is 46.5 Å². The van der Waals surface area contributed by atoms with Gasteiger partial charge < -0.3 is 30.0 Å². The molecule has 13 nitrogen and oxygen atoms in total. The van der Waals surface area contributed by atoms with Crippen molar-refractivity contribution < 1.29 is 37.3 Å². The second-order valence-electron chi connectivity index (χ2n) is 17.3. The van der Waals surface area contributed by atoms with Gasteiger partial charge in [0.2, 0.25) is 5.91 Å². The van der Waals surface area contributed by atoms with Gasteiger partial charge in [-0.25, -0.2) is 13.4 Å². The molecule has 1 amide bonds. The van der Waals surface area contributed by atoms with Gasteiger partial charge in [0, 0.05) is 19.1 Å². The van der Waals surface area contributed by atoms with Crippen molar-refractivity contribution in [2.24, 2.45) is 5.92 Å². The number of carbonyl (C=O) groups is 2. The van der Waals surface area contributed by atoms with Crippen molar-refractivity contribution in [3.63, 3.8) is 0 Å². The van der Waals surface area contributed by atoms with Crippen molar-refractivity contribution in [3.8, 4) is 34.4 Å². The summed E-state index contributed by atoms with van der Waals surface area (Å²) in [5.74, 6) is 0.214. The molecule has 0 aliphatic carbocycles. The number of hydrogen-bond donors (Lipinski definition) is 3. The van der Waals surface area contributed by atoms with E-state index in [9.17, 15) is 28.4 Å². The zero-order chi connectivity index (χ0) is 48.1. The number of benzene rings is 5. The van der Waals surface area contributed by atoms with Crippen molar-refractivity contribution in [2.45, 2.75) is 82.0 Å². The molecule has 3 atom stereocenters. The van der Waals surface area contributed by atoms with E-state index in [4.69, 9.17) is 37.4 Å². The number of ether oxygens (including phenoxy) is 3. The molecule has 17 heteroatoms. The first-order valence-corrected chi connectivity index (χ1v) is 25.1. The fraction of sp³-hybridized carbons (Fsp3) is 0.294. The molecule has 2 aliphatic heterocycles. The van der Waals surface area contributed by atoms with Gasteiger partial charge in [0.25, 0.3) is 10.0 Å². The minimum Gasteiger partial charge on any atom is -0.489 e. The third-order valence-corrected chi connectivity index (χ3v) is 16.1. The van der Waals surface area contributed by atoms with Crippen LogP contribution in [-0.4, -0.2) is 59.9 Å². The van der Waals surface area contributed by atoms with Crippen molar-refractivity contribution in [1.29, 1.82) is 5.26 Å². The normalized spacial score (nSPS) is 16.1. The number of anilines is 1. The monoisotopic (exact) mass is 993 g/mol. The van der Waals surface area contributed by atoms with E-state index in [1.807, 2.05) is 66.7 Å². The van der Waals surface area contributed by atoms with Crippen LogP contribution >= 0.6 is 34.5 Å². The Morgan fingerprint density at radius 3 is 2.31 bits per heavy atom. The Kier molecular flexibility index (Phi) is 14.9. The molecule has 6 aromatic rings. The molecule has 0 fully saturated rings. The van der Waals surface area contributed by atoms with Crippen molar-refractivity contribution in [1.82, 2.24) is 14.6 Å². The van der Waals surface area contributed by atoms with Crippen molar-refractivity contribution >= 4 is 61.6 Å². The van der Waals surface area contributed by atoms with Crippen molar-refractivity contribution in [2.75, 3.05) is 18.5 Å². The molecule has 0 spiro atoms. The number of aliphatic carboxylic acids is 1. The fourth-order valence-corrected chi connectivity index (χ4v) is 11.6. The number of aromatic nitrogens is 1. The second-order valence-corrected chi connectivity index (χ2v) is 21.2. The van der Waals surface area contributed by atoms with Gasteiger partial charge in [-0.1, -0.05) is 103 Å². The quantitative estimate of drug-likeness (QED) is 0.0792. The summed E-state index contributed by atoms with van der Waals surface area (Å²) in [5, 5.41) is 26.7. The maximum absolute atomic E-state index is 14.9. The average Bonchev–Trinajstić information content (AvgIpc) is 3.71. The highest BCUT2D eigenvalue weighted by Gasteiger charge is 2.43. The first-order valence-electron chi connectivity index (χ1n) is 22.1. The summed E-state index contributed by atoms with van der Waals surface area (Å²) in [6, 6.07) is 31.1. The summed E-state index contributed by atoms with van der Waals surface area (Å²) >= 11 is 13.2. The number of amides is 1. The molecular formula is C51H49Cl2N5O8S2. The summed E-state index contributed by atoms with van der Waals surface area (Å²) in [4.78, 5) is 31.3. The standard InChI is InChI=1S/C51H49Cl2N5O8S2/c1-30(2)18-19-55-51-56-31(3)50(67-51)68(62,63)58-27-39-24-46-45(65-29-47(66-46)37-13-15-41(16-14-37)64-28-34-8-17-42(52)43(53)21-34)23-38(39)22-44(58)49(61)57-40(25-48(59)60)20-32-4-9-35(10-5-32)36-11-6-33(26-54)7-12-36/h4-17,21,23-24,30,40,44,47H,18-20,22,25,27-29H2,1-3H3,(H,55,56)(H,57,61)(H,59,60). The molecule has 3 N–H and O–H groups in total. The average molecular weight is 995 g/mol. The highest BCUT2D eigenvalue weighted by molar-refractivity contribution is 7.91. The molecular weight excluding hydrogens is 946 g/mol. The molecule has 0 saturated heterocycles. The van der Waals surface area contributed by atoms with E-state index in [1.165, 1.54) is 4.31 Å². The van der Waals surface area contributed by atoms with E-state index in [2.05, 4.69) is 35.5 Å². The maximum atomic E-state index is 14.9. The lowest BCUT2D eigenvalue weighted by Gasteiger charge is -2.36. The van der Waals surface area contributed by atoms with Crippen LogP contribution in [0.2, 0.25) is 10.0 Å². The summed E-state index contributed by atoms with van der Waals surface area (Å²) in [6.45, 7) is 6.77. The Balaban J connectivity index is 1.03. The third kappa shape index (κ3) is 11.4. The molecule has 3 heterocycles. The summed E-state index contributed by atoms with van der Waals surface area (Å²) in [5.41, 5.74) is 6.48. The number of carboxylic acid groups (broad SMARTS) is 1. The van der Waals surface area contributed by atoms with Gasteiger partial charge >= 0.3 is 5.97 Å². The second kappa shape index (κ2) is 21.0. The molecule has 2 aliphatic rings. The largest absolute Gasteiger partial charge is 0.489 e. The highest BCUT2D eigenvalue weighted by atomic mass is 35.5. The Morgan fingerprint density at radius 2 is 1.63 bits per heavy atom. The van der Waals surface area contributed by atoms with Crippen LogP contribution in [0.1, 0.15) is 71.9 Å². The van der Waals surface area contributed by atoms with Gasteiger partial charge in [0.1, 0.15) is 25.0 Å². The van der Waals surface area contributed by atoms with Gasteiger partial charge in [-0.15, -0.1) is 0 Å². The van der Waals surface area contributed by atoms with Crippen molar-refractivity contribution in [3.05, 3.63) is 152 Å². The lowest BCUT2D eigenvalue weighted by atomic mass is 9.93. The Bertz CT molecular complexity index is 2960. The molecule has 0 saturated carbocycles. The number of nitriles is 1. The number of halogens is 2. The minimum atomic E-state index is -4.35. The van der Waals surface area contributed by atoms with Crippen LogP contribution in [0.4, 0.5) is 5.13 Å². The SMILES string of the molecule is Cc1nc(NCCC(C)C)sc1S(=O)(=O)N1Cc2cc3c(cc2CC1C(=O)NC(CC(=O)O)Cc1ccc(-c2ccc(C#N)cc2)cc1)OCC(c1ccc(OCc2ccc(Cl)c(Cl)c2)cc1)O3. The van der Waals surface area contributed by atoms with Gasteiger partial charge in [-0.05, 0) is 120 Å². The van der Waals surface area contributed by atoms with Crippen LogP contribution in [0.5, 0.6) is 17.2 Å². The van der Waals surface area contributed by atoms with Crippen LogP contribution in [-0.2, 0) is 45.6 Å². The van der Waals surface area contributed by atoms with E-state index in [-0.39, 0.29) is 30.2 Å². The Hall–Kier alpha value is -6.15. The van der Waals surface area contributed by atoms with Crippen LogP contribution in [0, 0.1) is 24.2 Å². The number of sulfonamides is 1. The lowest BCUT2D eigenvalue weighted by Crippen LogP contribution is -2.54. The van der Waals surface area contributed by atoms with Crippen LogP contribution in [0.15, 0.2) is 107 Å². The van der Waals surface area contributed by atoms with E-state index >= 15 is 0 Å². The molecule has 0 bridgehead atoms. The molecule has 3 unspecified atom stereocenters. The number of hydrogen-bond acceptors (Lipinski definition) is 11. The van der Waals surface area contributed by atoms with E-state index in [0.29, 0.717) is 73.9 Å². The molecule has 68 heavy (non-hydrogen) atoms. The molecule has 352 valence electrons. The van der Waals surface area contributed by atoms with Gasteiger partial charge in [0.05, 0.1) is 33.8 Å². The topological polar surface area (TPSA) is 180 Å². The molecule has 5 aromatic carbocycles. The number of aryl methyl sites for hydroxylation is 1. The highest BCUT2D eigenvalue weighted by Crippen LogP contribution is 2.43. The number of carboxylic acids is 1. The minimum absolute atomic E-state index is 0.0113. The first-order chi connectivity index (χ1) is 32.6. The lowest BCUT2D eigenvalue weighted by molar-refractivity contribution is -0.137. The number of carbonyl (C=O) groups excluding carboxylic acids is 1. The van der Waals surface area contributed by atoms with Crippen LogP contribution in [0.3, 0.4) is 0 Å². The number of thiazole rings is 1. The fourth-order valence-electron chi connectivity index (χ4n) is 8.15. The summed E-state index contributed by atoms with van der Waals surface area (Å²) in [7, 11) is -4.35. The van der Waals surface area contributed by atoms with E-state index in [1.54, 1.807) is 43.3 Å². The van der Waals surface area contributed by atoms with Crippen LogP contribution < -0.4 is 24.8 Å². The number of nitrogens with one attached hydrogen (secondary N) is 2. The Labute approximate surface area is 409 Å². The molecule has 8 rings (SSSR count). The predicted octanol–water partition coefficient (Wildman–Crippen LogP) is 10.2. The summed E-state index contributed by atoms with van der Waals surface area (Å²) < 4.78 is 49.7. The first kappa shape index (κ1) is 48.3. The van der Waals surface area contributed by atoms with Crippen LogP contribution in [0.25, 0.3) is 11.1 Å². The molecule has 1 aromatic heterocycles. The van der Waals surface area contributed by atoms with Gasteiger partial charge in [-0.3, -0.25) is 9.59 Å². The predicted molar refractivity (Wildman–Crippen MR) is 262 cm³/mol. The molecule has 0 radical (unpaired) electrons. The smallest absolute Gasteiger partial charge is 0.305 e. The number of rotatable bonds is 17. The maximum Gasteiger partial charge on any atom is 0.305 e. The summed E-state index contributed by atoms with van der Waals surface area (Å²) in [6.07, 6.45) is 0.150.